The van der Waals surface area contributed by atoms with E-state index < -0.39 is 28.1 Å². The molecule has 4 aromatic carbocycles. The summed E-state index contributed by atoms with van der Waals surface area (Å²) in [5.41, 5.74) is -0.668. The maximum absolute atomic E-state index is 12.5. The van der Waals surface area contributed by atoms with Crippen LogP contribution in [-0.4, -0.2) is 16.9 Å². The van der Waals surface area contributed by atoms with Gasteiger partial charge < -0.3 is 10.1 Å². The van der Waals surface area contributed by atoms with Crippen molar-refractivity contribution < 1.29 is 19.2 Å². The largest absolute Gasteiger partial charge is 0.455 e. The number of benzene rings is 4. The van der Waals surface area contributed by atoms with Gasteiger partial charge in [0.05, 0.1) is 15.6 Å². The smallest absolute Gasteiger partial charge is 0.326 e. The van der Waals surface area contributed by atoms with E-state index in [0.717, 1.165) is 16.8 Å². The number of fused-ring (bicyclic) bond motifs is 1. The average Bonchev–Trinajstić information content (AvgIpc) is 2.81. The van der Waals surface area contributed by atoms with Crippen LogP contribution < -0.4 is 15.4 Å². The number of nitro groups is 1. The molecule has 2 N–H and O–H groups in total. The number of halogens is 2. The van der Waals surface area contributed by atoms with E-state index >= 15 is 0 Å². The maximum atomic E-state index is 12.5. The van der Waals surface area contributed by atoms with Crippen molar-refractivity contribution in [3.63, 3.8) is 0 Å². The van der Waals surface area contributed by atoms with Crippen LogP contribution in [0.4, 0.5) is 16.2 Å². The zero-order valence-corrected chi connectivity index (χ0v) is 18.8. The van der Waals surface area contributed by atoms with E-state index in [4.69, 9.17) is 27.9 Å². The molecule has 0 bridgehead atoms. The number of amides is 3. The van der Waals surface area contributed by atoms with Crippen molar-refractivity contribution in [2.45, 2.75) is 0 Å². The average molecular weight is 496 g/mol. The van der Waals surface area contributed by atoms with Gasteiger partial charge in [0.15, 0.2) is 5.75 Å². The van der Waals surface area contributed by atoms with Gasteiger partial charge in [0.2, 0.25) is 0 Å². The molecule has 4 aromatic rings. The number of hydrogen-bond donors (Lipinski definition) is 2. The number of nitro benzene ring substituents is 1. The van der Waals surface area contributed by atoms with Crippen molar-refractivity contribution in [1.29, 1.82) is 0 Å². The van der Waals surface area contributed by atoms with Crippen LogP contribution in [0, 0.1) is 10.1 Å². The molecule has 0 fully saturated rings. The summed E-state index contributed by atoms with van der Waals surface area (Å²) in [7, 11) is 0. The van der Waals surface area contributed by atoms with Gasteiger partial charge in [-0.05, 0) is 30.3 Å². The first-order valence-corrected chi connectivity index (χ1v) is 10.6. The van der Waals surface area contributed by atoms with Crippen LogP contribution in [0.5, 0.6) is 11.5 Å². The SMILES string of the molecule is O=C(NC(=O)c1c(Cl)cccc1[N+](=O)[O-])Nc1ccccc1Oc1ccc(Cl)c2ccccc12. The molecule has 3 amide bonds. The summed E-state index contributed by atoms with van der Waals surface area (Å²) in [5, 5.41) is 17.8. The standard InChI is InChI=1S/C24H15Cl2N3O5/c25-16-12-13-20(15-7-2-1-6-14(15)16)34-21-11-4-3-9-18(21)27-24(31)28-23(30)22-17(26)8-5-10-19(22)29(32)33/h1-13H,(H2,27,28,30,31). The number of ether oxygens (including phenoxy) is 1. The highest BCUT2D eigenvalue weighted by Gasteiger charge is 2.25. The Bertz CT molecular complexity index is 1440. The highest BCUT2D eigenvalue weighted by molar-refractivity contribution is 6.36. The van der Waals surface area contributed by atoms with Crippen molar-refractivity contribution in [2.75, 3.05) is 5.32 Å². The number of carbonyl (C=O) groups excluding carboxylic acids is 2. The molecule has 4 rings (SSSR count). The Hall–Kier alpha value is -4.14. The predicted octanol–water partition coefficient (Wildman–Crippen LogP) is 6.81. The van der Waals surface area contributed by atoms with Gasteiger partial charge in [-0.15, -0.1) is 0 Å². The Morgan fingerprint density at radius 3 is 2.26 bits per heavy atom. The number of hydrogen-bond acceptors (Lipinski definition) is 5. The first kappa shape index (κ1) is 23.0. The first-order chi connectivity index (χ1) is 16.3. The lowest BCUT2D eigenvalue weighted by atomic mass is 10.1. The minimum Gasteiger partial charge on any atom is -0.455 e. The van der Waals surface area contributed by atoms with E-state index in [0.29, 0.717) is 16.5 Å². The van der Waals surface area contributed by atoms with Crippen molar-refractivity contribution >= 4 is 57.3 Å². The van der Waals surface area contributed by atoms with Crippen LogP contribution in [0.1, 0.15) is 10.4 Å². The van der Waals surface area contributed by atoms with Crippen LogP contribution >= 0.6 is 23.2 Å². The number of anilines is 1. The summed E-state index contributed by atoms with van der Waals surface area (Å²) < 4.78 is 6.04. The Balaban J connectivity index is 1.56. The monoisotopic (exact) mass is 495 g/mol. The normalized spacial score (nSPS) is 10.5. The predicted molar refractivity (Wildman–Crippen MR) is 130 cm³/mol. The quantitative estimate of drug-likeness (QED) is 0.233. The molecular formula is C24H15Cl2N3O5. The van der Waals surface area contributed by atoms with E-state index in [2.05, 4.69) is 10.6 Å². The number of nitrogens with one attached hydrogen (secondary N) is 2. The topological polar surface area (TPSA) is 111 Å². The molecule has 170 valence electrons. The van der Waals surface area contributed by atoms with Crippen LogP contribution in [0.2, 0.25) is 10.0 Å². The van der Waals surface area contributed by atoms with Crippen molar-refractivity contribution in [1.82, 2.24) is 5.32 Å². The minimum absolute atomic E-state index is 0.155. The highest BCUT2D eigenvalue weighted by atomic mass is 35.5. The number of nitrogens with zero attached hydrogens (tertiary/aromatic N) is 1. The highest BCUT2D eigenvalue weighted by Crippen LogP contribution is 2.36. The zero-order chi connectivity index (χ0) is 24.2. The van der Waals surface area contributed by atoms with Gasteiger partial charge >= 0.3 is 6.03 Å². The molecule has 0 heterocycles. The Kier molecular flexibility index (Phi) is 6.62. The third-order valence-corrected chi connectivity index (χ3v) is 5.47. The fraction of sp³-hybridized carbons (Fsp3) is 0. The first-order valence-electron chi connectivity index (χ1n) is 9.84. The molecule has 0 unspecified atom stereocenters. The van der Waals surface area contributed by atoms with Crippen LogP contribution in [0.3, 0.4) is 0 Å². The summed E-state index contributed by atoms with van der Waals surface area (Å²) in [5.74, 6) is -0.198. The van der Waals surface area contributed by atoms with Gasteiger partial charge in [0, 0.05) is 21.9 Å². The molecule has 34 heavy (non-hydrogen) atoms. The van der Waals surface area contributed by atoms with Crippen molar-refractivity contribution in [2.24, 2.45) is 0 Å². The van der Waals surface area contributed by atoms with E-state index in [1.807, 2.05) is 24.3 Å². The molecule has 0 saturated heterocycles. The van der Waals surface area contributed by atoms with Gasteiger partial charge in [-0.1, -0.05) is 65.7 Å². The van der Waals surface area contributed by atoms with E-state index in [1.165, 1.54) is 12.1 Å². The number of urea groups is 1. The Labute approximate surface area is 203 Å². The lowest BCUT2D eigenvalue weighted by Gasteiger charge is -2.14. The second-order valence-corrected chi connectivity index (χ2v) is 7.80. The van der Waals surface area contributed by atoms with Crippen molar-refractivity contribution in [3.05, 3.63) is 105 Å². The molecule has 0 radical (unpaired) electrons. The summed E-state index contributed by atoms with van der Waals surface area (Å²) in [4.78, 5) is 35.5. The molecule has 0 aromatic heterocycles. The van der Waals surface area contributed by atoms with Gasteiger partial charge in [-0.3, -0.25) is 20.2 Å². The molecular weight excluding hydrogens is 481 g/mol. The fourth-order valence-electron chi connectivity index (χ4n) is 3.31. The molecule has 0 aliphatic carbocycles. The number of rotatable bonds is 5. The van der Waals surface area contributed by atoms with E-state index in [1.54, 1.807) is 36.4 Å². The second kappa shape index (κ2) is 9.78. The van der Waals surface area contributed by atoms with Gasteiger partial charge in [0.25, 0.3) is 11.6 Å². The van der Waals surface area contributed by atoms with Crippen LogP contribution in [0.25, 0.3) is 10.8 Å². The summed E-state index contributed by atoms with van der Waals surface area (Å²) >= 11 is 12.2. The molecule has 0 aliphatic heterocycles. The minimum atomic E-state index is -1.02. The number of imide groups is 1. The summed E-state index contributed by atoms with van der Waals surface area (Å²) in [6.45, 7) is 0. The molecule has 0 saturated carbocycles. The van der Waals surface area contributed by atoms with Crippen LogP contribution in [0.15, 0.2) is 78.9 Å². The van der Waals surface area contributed by atoms with Gasteiger partial charge in [-0.2, -0.15) is 0 Å². The number of carbonyl (C=O) groups is 2. The zero-order valence-electron chi connectivity index (χ0n) is 17.2. The summed E-state index contributed by atoms with van der Waals surface area (Å²) in [6.07, 6.45) is 0. The molecule has 0 aliphatic rings. The van der Waals surface area contributed by atoms with Crippen LogP contribution in [-0.2, 0) is 0 Å². The molecule has 0 spiro atoms. The third kappa shape index (κ3) is 4.78. The van der Waals surface area contributed by atoms with E-state index in [9.17, 15) is 19.7 Å². The van der Waals surface area contributed by atoms with E-state index in [-0.39, 0.29) is 10.7 Å². The summed E-state index contributed by atoms with van der Waals surface area (Å²) in [6, 6.07) is 20.3. The van der Waals surface area contributed by atoms with Gasteiger partial charge in [-0.25, -0.2) is 4.79 Å². The molecule has 8 nitrogen and oxygen atoms in total. The lowest BCUT2D eigenvalue weighted by molar-refractivity contribution is -0.385. The van der Waals surface area contributed by atoms with Gasteiger partial charge in [0.1, 0.15) is 11.3 Å². The lowest BCUT2D eigenvalue weighted by Crippen LogP contribution is -2.35. The second-order valence-electron chi connectivity index (χ2n) is 6.99. The maximum Gasteiger partial charge on any atom is 0.326 e. The Morgan fingerprint density at radius 1 is 0.794 bits per heavy atom. The third-order valence-electron chi connectivity index (χ3n) is 4.83. The Morgan fingerprint density at radius 2 is 1.50 bits per heavy atom. The fourth-order valence-corrected chi connectivity index (χ4v) is 3.79. The molecule has 10 heteroatoms. The van der Waals surface area contributed by atoms with Crippen molar-refractivity contribution in [3.8, 4) is 11.5 Å². The number of para-hydroxylation sites is 2. The molecule has 0 atom stereocenters.